The smallest absolute Gasteiger partial charge is 0.251 e. The molecule has 0 bridgehead atoms. The summed E-state index contributed by atoms with van der Waals surface area (Å²) in [6, 6.07) is 16.4. The van der Waals surface area contributed by atoms with Gasteiger partial charge in [-0.15, -0.1) is 0 Å². The van der Waals surface area contributed by atoms with Crippen LogP contribution in [0, 0.1) is 0 Å². The van der Waals surface area contributed by atoms with Crippen molar-refractivity contribution in [2.24, 2.45) is 0 Å². The number of nitrogens with one attached hydrogen (secondary N) is 1. The van der Waals surface area contributed by atoms with E-state index >= 15 is 0 Å². The van der Waals surface area contributed by atoms with Crippen LogP contribution >= 0.6 is 0 Å². The summed E-state index contributed by atoms with van der Waals surface area (Å²) >= 11 is 0. The SMILES string of the molecule is CC(C)S(=O)(=O)c1ccc(C(=O)NCCCN(C)Cc2ccccc2)cc1. The van der Waals surface area contributed by atoms with Crippen molar-refractivity contribution in [1.82, 2.24) is 10.2 Å². The normalized spacial score (nSPS) is 11.7. The lowest BCUT2D eigenvalue weighted by atomic mass is 10.2. The predicted molar refractivity (Wildman–Crippen MR) is 108 cm³/mol. The number of sulfone groups is 1. The summed E-state index contributed by atoms with van der Waals surface area (Å²) in [7, 11) is -1.25. The molecule has 0 spiro atoms. The summed E-state index contributed by atoms with van der Waals surface area (Å²) in [5.74, 6) is -0.186. The Labute approximate surface area is 162 Å². The fraction of sp³-hybridized carbons (Fsp3) is 0.381. The summed E-state index contributed by atoms with van der Waals surface area (Å²) < 4.78 is 24.2. The predicted octanol–water partition coefficient (Wildman–Crippen LogP) is 3.12. The van der Waals surface area contributed by atoms with Crippen molar-refractivity contribution in [3.63, 3.8) is 0 Å². The van der Waals surface area contributed by atoms with Gasteiger partial charge in [-0.25, -0.2) is 8.42 Å². The lowest BCUT2D eigenvalue weighted by Crippen LogP contribution is -2.28. The largest absolute Gasteiger partial charge is 0.352 e. The number of benzene rings is 2. The first-order chi connectivity index (χ1) is 12.8. The average molecular weight is 389 g/mol. The highest BCUT2D eigenvalue weighted by Crippen LogP contribution is 2.16. The van der Waals surface area contributed by atoms with Crippen LogP contribution in [0.2, 0.25) is 0 Å². The Morgan fingerprint density at radius 2 is 1.67 bits per heavy atom. The third-order valence-corrected chi connectivity index (χ3v) is 6.53. The van der Waals surface area contributed by atoms with Gasteiger partial charge in [0.2, 0.25) is 0 Å². The molecule has 27 heavy (non-hydrogen) atoms. The van der Waals surface area contributed by atoms with E-state index in [-0.39, 0.29) is 10.8 Å². The Morgan fingerprint density at radius 1 is 1.04 bits per heavy atom. The van der Waals surface area contributed by atoms with E-state index < -0.39 is 15.1 Å². The van der Waals surface area contributed by atoms with Crippen molar-refractivity contribution < 1.29 is 13.2 Å². The zero-order valence-electron chi connectivity index (χ0n) is 16.2. The minimum Gasteiger partial charge on any atom is -0.352 e. The Balaban J connectivity index is 1.77. The van der Waals surface area contributed by atoms with Gasteiger partial charge in [0.1, 0.15) is 0 Å². The first-order valence-corrected chi connectivity index (χ1v) is 10.7. The molecule has 0 aliphatic carbocycles. The van der Waals surface area contributed by atoms with Gasteiger partial charge in [0.25, 0.3) is 5.91 Å². The number of hydrogen-bond donors (Lipinski definition) is 1. The van der Waals surface area contributed by atoms with E-state index in [4.69, 9.17) is 0 Å². The molecule has 2 aromatic rings. The summed E-state index contributed by atoms with van der Waals surface area (Å²) in [4.78, 5) is 14.7. The number of carbonyl (C=O) groups excluding carboxylic acids is 1. The molecule has 0 unspecified atom stereocenters. The van der Waals surface area contributed by atoms with Crippen molar-refractivity contribution in [3.05, 3.63) is 65.7 Å². The van der Waals surface area contributed by atoms with Gasteiger partial charge in [0, 0.05) is 18.7 Å². The highest BCUT2D eigenvalue weighted by molar-refractivity contribution is 7.92. The first-order valence-electron chi connectivity index (χ1n) is 9.15. The minimum atomic E-state index is -3.31. The maximum Gasteiger partial charge on any atom is 0.251 e. The maximum atomic E-state index is 12.2. The molecule has 146 valence electrons. The fourth-order valence-corrected chi connectivity index (χ4v) is 3.76. The zero-order chi connectivity index (χ0) is 19.9. The van der Waals surface area contributed by atoms with E-state index in [1.54, 1.807) is 26.0 Å². The van der Waals surface area contributed by atoms with Crippen molar-refractivity contribution in [2.75, 3.05) is 20.1 Å². The van der Waals surface area contributed by atoms with E-state index in [2.05, 4.69) is 29.4 Å². The molecule has 0 fully saturated rings. The molecule has 0 aliphatic rings. The van der Waals surface area contributed by atoms with E-state index in [0.717, 1.165) is 19.5 Å². The van der Waals surface area contributed by atoms with Crippen LogP contribution in [-0.4, -0.2) is 44.6 Å². The van der Waals surface area contributed by atoms with Gasteiger partial charge in [0.05, 0.1) is 10.1 Å². The molecule has 0 atom stereocenters. The molecule has 5 nitrogen and oxygen atoms in total. The Morgan fingerprint density at radius 3 is 2.26 bits per heavy atom. The Kier molecular flexibility index (Phi) is 7.56. The van der Waals surface area contributed by atoms with Crippen molar-refractivity contribution in [3.8, 4) is 0 Å². The van der Waals surface area contributed by atoms with Crippen molar-refractivity contribution in [2.45, 2.75) is 37.0 Å². The molecule has 2 rings (SSSR count). The van der Waals surface area contributed by atoms with Gasteiger partial charge in [-0.05, 0) is 63.7 Å². The van der Waals surface area contributed by atoms with Crippen LogP contribution in [0.15, 0.2) is 59.5 Å². The molecule has 0 radical (unpaired) electrons. The van der Waals surface area contributed by atoms with Crippen LogP contribution in [0.1, 0.15) is 36.2 Å². The number of nitrogens with zero attached hydrogens (tertiary/aromatic N) is 1. The van der Waals surface area contributed by atoms with Crippen LogP contribution in [-0.2, 0) is 16.4 Å². The first kappa shape index (κ1) is 21.1. The van der Waals surface area contributed by atoms with Crippen LogP contribution < -0.4 is 5.32 Å². The quantitative estimate of drug-likeness (QED) is 0.670. The highest BCUT2D eigenvalue weighted by atomic mass is 32.2. The van der Waals surface area contributed by atoms with Crippen LogP contribution in [0.25, 0.3) is 0 Å². The van der Waals surface area contributed by atoms with E-state index in [0.29, 0.717) is 12.1 Å². The molecular weight excluding hydrogens is 360 g/mol. The van der Waals surface area contributed by atoms with Gasteiger partial charge < -0.3 is 10.2 Å². The Bertz CT molecular complexity index is 831. The topological polar surface area (TPSA) is 66.5 Å². The zero-order valence-corrected chi connectivity index (χ0v) is 17.0. The van der Waals surface area contributed by atoms with E-state index in [1.807, 2.05) is 18.2 Å². The number of carbonyl (C=O) groups is 1. The molecule has 0 heterocycles. The molecule has 0 aromatic heterocycles. The third-order valence-electron chi connectivity index (χ3n) is 4.36. The van der Waals surface area contributed by atoms with Crippen molar-refractivity contribution in [1.29, 1.82) is 0 Å². The minimum absolute atomic E-state index is 0.186. The van der Waals surface area contributed by atoms with E-state index in [1.165, 1.54) is 17.7 Å². The highest BCUT2D eigenvalue weighted by Gasteiger charge is 2.19. The van der Waals surface area contributed by atoms with Crippen molar-refractivity contribution >= 4 is 15.7 Å². The molecule has 2 aromatic carbocycles. The fourth-order valence-electron chi connectivity index (χ4n) is 2.70. The third kappa shape index (κ3) is 6.19. The van der Waals surface area contributed by atoms with Gasteiger partial charge in [-0.3, -0.25) is 4.79 Å². The summed E-state index contributed by atoms with van der Waals surface area (Å²) in [6.45, 7) is 5.61. The number of hydrogen-bond acceptors (Lipinski definition) is 4. The second kappa shape index (κ2) is 9.67. The Hall–Kier alpha value is -2.18. The molecule has 6 heteroatoms. The summed E-state index contributed by atoms with van der Waals surface area (Å²) in [5, 5.41) is 2.40. The van der Waals surface area contributed by atoms with Crippen LogP contribution in [0.3, 0.4) is 0 Å². The molecule has 0 saturated heterocycles. The van der Waals surface area contributed by atoms with Gasteiger partial charge >= 0.3 is 0 Å². The lowest BCUT2D eigenvalue weighted by Gasteiger charge is -2.16. The lowest BCUT2D eigenvalue weighted by molar-refractivity contribution is 0.0952. The number of rotatable bonds is 9. The van der Waals surface area contributed by atoms with Gasteiger partial charge in [0.15, 0.2) is 9.84 Å². The molecule has 0 aliphatic heterocycles. The monoisotopic (exact) mass is 388 g/mol. The van der Waals surface area contributed by atoms with Crippen LogP contribution in [0.5, 0.6) is 0 Å². The maximum absolute atomic E-state index is 12.2. The standard InChI is InChI=1S/C21H28N2O3S/c1-17(2)27(25,26)20-12-10-19(11-13-20)21(24)22-14-7-15-23(3)16-18-8-5-4-6-9-18/h4-6,8-13,17H,7,14-16H2,1-3H3,(H,22,24). The number of amides is 1. The second-order valence-electron chi connectivity index (χ2n) is 6.95. The average Bonchev–Trinajstić information content (AvgIpc) is 2.66. The molecule has 1 amide bonds. The second-order valence-corrected chi connectivity index (χ2v) is 9.46. The van der Waals surface area contributed by atoms with Gasteiger partial charge in [-0.1, -0.05) is 30.3 Å². The molecule has 1 N–H and O–H groups in total. The van der Waals surface area contributed by atoms with Gasteiger partial charge in [-0.2, -0.15) is 0 Å². The molecular formula is C21H28N2O3S. The molecule has 0 saturated carbocycles. The summed E-state index contributed by atoms with van der Waals surface area (Å²) in [5.41, 5.74) is 1.73. The van der Waals surface area contributed by atoms with Crippen LogP contribution in [0.4, 0.5) is 0 Å². The summed E-state index contributed by atoms with van der Waals surface area (Å²) in [6.07, 6.45) is 0.842. The van der Waals surface area contributed by atoms with E-state index in [9.17, 15) is 13.2 Å².